The van der Waals surface area contributed by atoms with Crippen molar-refractivity contribution in [2.75, 3.05) is 19.8 Å². The zero-order valence-electron chi connectivity index (χ0n) is 20.4. The second kappa shape index (κ2) is 12.7. The molecule has 4 rings (SSSR count). The molecule has 1 fully saturated rings. The molecular weight excluding hydrogens is 458 g/mol. The normalized spacial score (nSPS) is 23.8. The minimum absolute atomic E-state index is 0.0865. The number of nitrogens with zero attached hydrogens (tertiary/aromatic N) is 1. The third-order valence-electron chi connectivity index (χ3n) is 6.51. The molecule has 1 saturated carbocycles. The Labute approximate surface area is 212 Å². The Kier molecular flexibility index (Phi) is 9.11. The summed E-state index contributed by atoms with van der Waals surface area (Å²) < 4.78 is 11.5. The van der Waals surface area contributed by atoms with Gasteiger partial charge in [0.15, 0.2) is 5.54 Å². The molecule has 0 saturated heterocycles. The van der Waals surface area contributed by atoms with Crippen molar-refractivity contribution in [1.82, 2.24) is 10.9 Å². The number of ether oxygens (including phenoxy) is 2. The Morgan fingerprint density at radius 1 is 1.11 bits per heavy atom. The van der Waals surface area contributed by atoms with E-state index in [2.05, 4.69) is 10.9 Å². The number of amides is 1. The van der Waals surface area contributed by atoms with E-state index >= 15 is 0 Å². The molecule has 0 bridgehead atoms. The lowest BCUT2D eigenvalue weighted by atomic mass is 9.93. The molecule has 2 aliphatic rings. The van der Waals surface area contributed by atoms with Gasteiger partial charge in [0.1, 0.15) is 12.4 Å². The number of aliphatic hydroxyl groups is 2. The Morgan fingerprint density at radius 2 is 1.86 bits per heavy atom. The van der Waals surface area contributed by atoms with E-state index in [-0.39, 0.29) is 31.3 Å². The lowest BCUT2D eigenvalue weighted by Gasteiger charge is -2.28. The maximum atomic E-state index is 13.4. The highest BCUT2D eigenvalue weighted by Crippen LogP contribution is 2.28. The first-order chi connectivity index (χ1) is 17.6. The van der Waals surface area contributed by atoms with Gasteiger partial charge in [-0.05, 0) is 55.5 Å². The van der Waals surface area contributed by atoms with Crippen molar-refractivity contribution in [2.45, 2.75) is 56.2 Å². The number of hydrogen-bond acceptors (Lipinski definition) is 7. The highest BCUT2D eigenvalue weighted by Gasteiger charge is 2.43. The van der Waals surface area contributed by atoms with Crippen LogP contribution in [0, 0.1) is 0 Å². The van der Waals surface area contributed by atoms with Gasteiger partial charge in [0.25, 0.3) is 5.91 Å². The van der Waals surface area contributed by atoms with Crippen molar-refractivity contribution in [3.05, 3.63) is 71.8 Å². The minimum atomic E-state index is -1.10. The molecule has 2 aromatic carbocycles. The molecule has 0 unspecified atom stereocenters. The van der Waals surface area contributed by atoms with Crippen molar-refractivity contribution < 1.29 is 24.5 Å². The van der Waals surface area contributed by atoms with Gasteiger partial charge in [0.2, 0.25) is 5.90 Å². The highest BCUT2D eigenvalue weighted by atomic mass is 16.5. The van der Waals surface area contributed by atoms with Crippen molar-refractivity contribution in [1.29, 1.82) is 0 Å². The molecule has 192 valence electrons. The van der Waals surface area contributed by atoms with Crippen LogP contribution in [0.25, 0.3) is 6.08 Å². The van der Waals surface area contributed by atoms with Gasteiger partial charge in [0, 0.05) is 31.1 Å². The van der Waals surface area contributed by atoms with Gasteiger partial charge in [-0.2, -0.15) is 0 Å². The first-order valence-corrected chi connectivity index (χ1v) is 12.6. The van der Waals surface area contributed by atoms with Crippen LogP contribution in [0.5, 0.6) is 5.75 Å². The summed E-state index contributed by atoms with van der Waals surface area (Å²) in [5, 5.41) is 18.7. The van der Waals surface area contributed by atoms with E-state index in [1.165, 1.54) is 0 Å². The molecule has 36 heavy (non-hydrogen) atoms. The lowest BCUT2D eigenvalue weighted by molar-refractivity contribution is -0.128. The molecule has 2 aromatic rings. The van der Waals surface area contributed by atoms with E-state index in [0.29, 0.717) is 31.1 Å². The molecule has 4 N–H and O–H groups in total. The van der Waals surface area contributed by atoms with Crippen molar-refractivity contribution >= 4 is 17.9 Å². The fraction of sp³-hybridized carbons (Fsp3) is 0.429. The fourth-order valence-corrected chi connectivity index (χ4v) is 4.31. The highest BCUT2D eigenvalue weighted by molar-refractivity contribution is 6.00. The summed E-state index contributed by atoms with van der Waals surface area (Å²) in [4.78, 5) is 18.2. The molecule has 0 aromatic heterocycles. The summed E-state index contributed by atoms with van der Waals surface area (Å²) in [7, 11) is 0. The number of carbonyl (C=O) groups is 1. The monoisotopic (exact) mass is 493 g/mol. The predicted octanol–water partition coefficient (Wildman–Crippen LogP) is 2.99. The molecule has 1 aliphatic heterocycles. The number of hydrazine groups is 1. The van der Waals surface area contributed by atoms with Crippen LogP contribution in [0.3, 0.4) is 0 Å². The fourth-order valence-electron chi connectivity index (χ4n) is 4.31. The van der Waals surface area contributed by atoms with Gasteiger partial charge in [-0.25, -0.2) is 10.4 Å². The topological polar surface area (TPSA) is 112 Å². The van der Waals surface area contributed by atoms with Gasteiger partial charge >= 0.3 is 0 Å². The van der Waals surface area contributed by atoms with Crippen LogP contribution >= 0.6 is 0 Å². The van der Waals surface area contributed by atoms with Crippen LogP contribution in [-0.4, -0.2) is 59.5 Å². The third-order valence-corrected chi connectivity index (χ3v) is 6.51. The van der Waals surface area contributed by atoms with Crippen molar-refractivity contribution in [2.24, 2.45) is 4.99 Å². The number of benzene rings is 2. The first-order valence-electron chi connectivity index (χ1n) is 12.6. The molecule has 8 heteroatoms. The van der Waals surface area contributed by atoms with E-state index in [4.69, 9.17) is 19.6 Å². The third kappa shape index (κ3) is 6.94. The predicted molar refractivity (Wildman–Crippen MR) is 138 cm³/mol. The molecule has 0 spiro atoms. The van der Waals surface area contributed by atoms with Gasteiger partial charge in [-0.3, -0.25) is 10.2 Å². The average Bonchev–Trinajstić information content (AvgIpc) is 3.35. The summed E-state index contributed by atoms with van der Waals surface area (Å²) in [6, 6.07) is 17.4. The molecule has 1 heterocycles. The van der Waals surface area contributed by atoms with Crippen molar-refractivity contribution in [3.8, 4) is 5.75 Å². The first kappa shape index (κ1) is 25.9. The van der Waals surface area contributed by atoms with E-state index in [0.717, 1.165) is 36.8 Å². The second-order valence-corrected chi connectivity index (χ2v) is 9.31. The van der Waals surface area contributed by atoms with E-state index < -0.39 is 5.54 Å². The standard InChI is InChI=1S/C28H35N3O5/c32-18-5-19-35-25-15-9-22(10-16-25)26-29-28(20-36-26,17-4-8-21-6-2-1-3-7-21)27(34)31-30-23-11-13-24(33)14-12-23/h1-4,6-10,15-16,23-24,30,32-33H,5,11-14,17-20H2,(H,31,34)/b8-4+/t23?,24?,28-/m0/s1. The maximum absolute atomic E-state index is 13.4. The van der Waals surface area contributed by atoms with Gasteiger partial charge in [-0.1, -0.05) is 42.5 Å². The van der Waals surface area contributed by atoms with E-state index in [1.807, 2.05) is 66.7 Å². The van der Waals surface area contributed by atoms with Crippen LogP contribution < -0.4 is 15.6 Å². The number of aliphatic imine (C=N–C) groups is 1. The zero-order valence-corrected chi connectivity index (χ0v) is 20.4. The molecule has 8 nitrogen and oxygen atoms in total. The molecule has 1 amide bonds. The summed E-state index contributed by atoms with van der Waals surface area (Å²) in [6.07, 6.45) is 7.70. The summed E-state index contributed by atoms with van der Waals surface area (Å²) in [5.74, 6) is 0.869. The summed E-state index contributed by atoms with van der Waals surface area (Å²) in [6.45, 7) is 0.660. The molecular formula is C28H35N3O5. The van der Waals surface area contributed by atoms with Gasteiger partial charge < -0.3 is 19.7 Å². The summed E-state index contributed by atoms with van der Waals surface area (Å²) >= 11 is 0. The largest absolute Gasteiger partial charge is 0.494 e. The van der Waals surface area contributed by atoms with Crippen LogP contribution in [0.1, 0.15) is 49.7 Å². The Morgan fingerprint density at radius 3 is 2.58 bits per heavy atom. The van der Waals surface area contributed by atoms with Crippen LogP contribution in [0.4, 0.5) is 0 Å². The number of carbonyl (C=O) groups excluding carboxylic acids is 1. The van der Waals surface area contributed by atoms with Crippen LogP contribution in [0.2, 0.25) is 0 Å². The smallest absolute Gasteiger partial charge is 0.266 e. The van der Waals surface area contributed by atoms with Crippen LogP contribution in [-0.2, 0) is 9.53 Å². The summed E-state index contributed by atoms with van der Waals surface area (Å²) in [5.41, 5.74) is 6.73. The lowest BCUT2D eigenvalue weighted by Crippen LogP contribution is -2.54. The average molecular weight is 494 g/mol. The van der Waals surface area contributed by atoms with E-state index in [1.54, 1.807) is 0 Å². The second-order valence-electron chi connectivity index (χ2n) is 9.31. The van der Waals surface area contributed by atoms with Crippen molar-refractivity contribution in [3.63, 3.8) is 0 Å². The number of hydrogen-bond donors (Lipinski definition) is 4. The maximum Gasteiger partial charge on any atom is 0.266 e. The molecule has 1 aliphatic carbocycles. The number of aliphatic hydroxyl groups excluding tert-OH is 2. The number of nitrogens with one attached hydrogen (secondary N) is 2. The van der Waals surface area contributed by atoms with Crippen LogP contribution in [0.15, 0.2) is 65.7 Å². The minimum Gasteiger partial charge on any atom is -0.494 e. The number of rotatable bonds is 11. The van der Waals surface area contributed by atoms with E-state index in [9.17, 15) is 9.90 Å². The van der Waals surface area contributed by atoms with Gasteiger partial charge in [0.05, 0.1) is 12.7 Å². The zero-order chi connectivity index (χ0) is 25.2. The van der Waals surface area contributed by atoms with Gasteiger partial charge in [-0.15, -0.1) is 0 Å². The molecule has 0 radical (unpaired) electrons. The Bertz CT molecular complexity index is 1030. The SMILES string of the molecule is O=C(NNC1CCC(O)CC1)[C@]1(C/C=C/c2ccccc2)COC(c2ccc(OCCCO)cc2)=N1. The Hall–Kier alpha value is -3.20. The quantitative estimate of drug-likeness (QED) is 0.283. The Balaban J connectivity index is 1.47. The molecule has 1 atom stereocenters.